The first-order chi connectivity index (χ1) is 13.3. The maximum Gasteiger partial charge on any atom is 0.407 e. The van der Waals surface area contributed by atoms with Crippen LogP contribution in [0.15, 0.2) is 30.3 Å². The maximum atomic E-state index is 12.1. The predicted octanol–water partition coefficient (Wildman–Crippen LogP) is 3.71. The van der Waals surface area contributed by atoms with E-state index in [4.69, 9.17) is 4.74 Å². The average molecular weight is 380 g/mol. The number of aromatic hydroxyl groups is 1. The Morgan fingerprint density at radius 2 is 2.07 bits per heavy atom. The van der Waals surface area contributed by atoms with E-state index in [-0.39, 0.29) is 11.8 Å². The van der Waals surface area contributed by atoms with Crippen LogP contribution in [0.1, 0.15) is 38.4 Å². The second kappa shape index (κ2) is 6.82. The standard InChI is InChI=1S/C21H24N4O3/c1-21(2,3)28-20(27)22-12-8-9-16-14(10-12)15-11-17(24-25-19(15)23-16)13-6-4-5-7-18(13)26/h4-7,11-12,26H,8-10H2,1-3H3,(H,22,27)(H,23,25)/t12-/m0/s1. The average Bonchev–Trinajstić information content (AvgIpc) is 2.98. The topological polar surface area (TPSA) is 100 Å². The van der Waals surface area contributed by atoms with Gasteiger partial charge in [0, 0.05) is 22.7 Å². The highest BCUT2D eigenvalue weighted by atomic mass is 16.6. The molecule has 2 aromatic heterocycles. The first-order valence-corrected chi connectivity index (χ1v) is 9.45. The fourth-order valence-corrected chi connectivity index (χ4v) is 3.63. The number of phenolic OH excluding ortho intramolecular Hbond substituents is 1. The van der Waals surface area contributed by atoms with Crippen LogP contribution in [-0.4, -0.2) is 38.0 Å². The fraction of sp³-hybridized carbons (Fsp3) is 0.381. The van der Waals surface area contributed by atoms with Crippen molar-refractivity contribution in [3.8, 4) is 17.0 Å². The summed E-state index contributed by atoms with van der Waals surface area (Å²) in [5.41, 5.74) is 3.73. The number of nitrogens with zero attached hydrogens (tertiary/aromatic N) is 2. The Balaban J connectivity index is 1.62. The van der Waals surface area contributed by atoms with E-state index in [9.17, 15) is 9.90 Å². The molecule has 1 aliphatic rings. The lowest BCUT2D eigenvalue weighted by atomic mass is 9.91. The molecular formula is C21H24N4O3. The summed E-state index contributed by atoms with van der Waals surface area (Å²) < 4.78 is 5.38. The number of hydrogen-bond acceptors (Lipinski definition) is 5. The zero-order valence-corrected chi connectivity index (χ0v) is 16.2. The zero-order chi connectivity index (χ0) is 19.9. The van der Waals surface area contributed by atoms with Crippen LogP contribution in [0.3, 0.4) is 0 Å². The van der Waals surface area contributed by atoms with Gasteiger partial charge in [0.15, 0.2) is 5.65 Å². The highest BCUT2D eigenvalue weighted by Crippen LogP contribution is 2.32. The minimum Gasteiger partial charge on any atom is -0.507 e. The first-order valence-electron chi connectivity index (χ1n) is 9.45. The lowest BCUT2D eigenvalue weighted by molar-refractivity contribution is 0.0500. The summed E-state index contributed by atoms with van der Waals surface area (Å²) in [5.74, 6) is 0.171. The van der Waals surface area contributed by atoms with E-state index in [1.807, 2.05) is 39.0 Å². The van der Waals surface area contributed by atoms with Crippen molar-refractivity contribution >= 4 is 17.1 Å². The molecule has 0 fully saturated rings. The molecule has 0 saturated heterocycles. The molecule has 3 N–H and O–H groups in total. The number of phenols is 1. The van der Waals surface area contributed by atoms with E-state index in [0.717, 1.165) is 35.1 Å². The summed E-state index contributed by atoms with van der Waals surface area (Å²) in [6, 6.07) is 9.03. The normalized spacial score (nSPS) is 16.6. The number of benzene rings is 1. The number of alkyl carbamates (subject to hydrolysis) is 1. The summed E-state index contributed by atoms with van der Waals surface area (Å²) in [7, 11) is 0. The molecule has 1 amide bonds. The SMILES string of the molecule is CC(C)(C)OC(=O)N[C@H]1CCc2[nH]c3nnc(-c4ccccc4O)cc3c2C1. The summed E-state index contributed by atoms with van der Waals surface area (Å²) in [5, 5.41) is 22.6. The van der Waals surface area contributed by atoms with Gasteiger partial charge in [-0.15, -0.1) is 10.2 Å². The number of carbonyl (C=O) groups is 1. The van der Waals surface area contributed by atoms with Gasteiger partial charge in [0.1, 0.15) is 11.4 Å². The van der Waals surface area contributed by atoms with Gasteiger partial charge in [-0.05, 0) is 63.8 Å². The third kappa shape index (κ3) is 3.65. The third-order valence-electron chi connectivity index (χ3n) is 4.85. The Morgan fingerprint density at radius 3 is 2.82 bits per heavy atom. The first kappa shape index (κ1) is 18.3. The van der Waals surface area contributed by atoms with Gasteiger partial charge in [-0.3, -0.25) is 0 Å². The largest absolute Gasteiger partial charge is 0.507 e. The van der Waals surface area contributed by atoms with Crippen molar-refractivity contribution in [3.05, 3.63) is 41.6 Å². The minimum absolute atomic E-state index is 0.00286. The van der Waals surface area contributed by atoms with Gasteiger partial charge in [0.05, 0.1) is 5.69 Å². The van der Waals surface area contributed by atoms with E-state index in [1.54, 1.807) is 12.1 Å². The highest BCUT2D eigenvalue weighted by Gasteiger charge is 2.26. The number of aryl methyl sites for hydroxylation is 1. The number of amides is 1. The van der Waals surface area contributed by atoms with Crippen molar-refractivity contribution in [2.45, 2.75) is 51.7 Å². The van der Waals surface area contributed by atoms with Crippen LogP contribution in [0.4, 0.5) is 4.79 Å². The quantitative estimate of drug-likeness (QED) is 0.629. The van der Waals surface area contributed by atoms with Crippen molar-refractivity contribution in [1.82, 2.24) is 20.5 Å². The number of nitrogens with one attached hydrogen (secondary N) is 2. The van der Waals surface area contributed by atoms with E-state index in [2.05, 4.69) is 20.5 Å². The van der Waals surface area contributed by atoms with Crippen LogP contribution >= 0.6 is 0 Å². The summed E-state index contributed by atoms with van der Waals surface area (Å²) >= 11 is 0. The molecule has 1 aromatic carbocycles. The smallest absolute Gasteiger partial charge is 0.407 e. The van der Waals surface area contributed by atoms with Crippen molar-refractivity contribution in [3.63, 3.8) is 0 Å². The second-order valence-electron chi connectivity index (χ2n) is 8.18. The van der Waals surface area contributed by atoms with Gasteiger partial charge >= 0.3 is 6.09 Å². The number of rotatable bonds is 2. The van der Waals surface area contributed by atoms with Gasteiger partial charge < -0.3 is 20.1 Å². The monoisotopic (exact) mass is 380 g/mol. The Labute approximate surface area is 163 Å². The van der Waals surface area contributed by atoms with Crippen LogP contribution in [-0.2, 0) is 17.6 Å². The number of fused-ring (bicyclic) bond motifs is 3. The third-order valence-corrected chi connectivity index (χ3v) is 4.85. The van der Waals surface area contributed by atoms with Crippen LogP contribution in [0.25, 0.3) is 22.3 Å². The van der Waals surface area contributed by atoms with Crippen molar-refractivity contribution < 1.29 is 14.6 Å². The summed E-state index contributed by atoms with van der Waals surface area (Å²) in [6.45, 7) is 5.55. The molecule has 0 aliphatic heterocycles. The number of aromatic amines is 1. The number of aromatic nitrogens is 3. The fourth-order valence-electron chi connectivity index (χ4n) is 3.63. The predicted molar refractivity (Wildman–Crippen MR) is 106 cm³/mol. The van der Waals surface area contributed by atoms with Gasteiger partial charge in [0.2, 0.25) is 0 Å². The molecule has 3 aromatic rings. The molecule has 4 rings (SSSR count). The maximum absolute atomic E-state index is 12.1. The van der Waals surface area contributed by atoms with Crippen molar-refractivity contribution in [1.29, 1.82) is 0 Å². The van der Waals surface area contributed by atoms with E-state index in [0.29, 0.717) is 17.7 Å². The highest BCUT2D eigenvalue weighted by molar-refractivity contribution is 5.85. The number of H-pyrrole nitrogens is 1. The molecule has 0 unspecified atom stereocenters. The van der Waals surface area contributed by atoms with Gasteiger partial charge in [-0.1, -0.05) is 12.1 Å². The van der Waals surface area contributed by atoms with E-state index >= 15 is 0 Å². The van der Waals surface area contributed by atoms with E-state index < -0.39 is 11.7 Å². The van der Waals surface area contributed by atoms with Crippen molar-refractivity contribution in [2.24, 2.45) is 0 Å². The number of carbonyl (C=O) groups excluding carboxylic acids is 1. The molecule has 7 nitrogen and oxygen atoms in total. The van der Waals surface area contributed by atoms with Crippen LogP contribution in [0.5, 0.6) is 5.75 Å². The Bertz CT molecular complexity index is 1040. The Kier molecular flexibility index (Phi) is 4.45. The molecular weight excluding hydrogens is 356 g/mol. The number of hydrogen-bond donors (Lipinski definition) is 3. The second-order valence-corrected chi connectivity index (χ2v) is 8.18. The number of ether oxygens (including phenoxy) is 1. The Hall–Kier alpha value is -3.09. The summed E-state index contributed by atoms with van der Waals surface area (Å²) in [4.78, 5) is 15.5. The lowest BCUT2D eigenvalue weighted by Crippen LogP contribution is -2.41. The minimum atomic E-state index is -0.521. The van der Waals surface area contributed by atoms with Crippen molar-refractivity contribution in [2.75, 3.05) is 0 Å². The van der Waals surface area contributed by atoms with Gasteiger partial charge in [-0.2, -0.15) is 0 Å². The van der Waals surface area contributed by atoms with Gasteiger partial charge in [-0.25, -0.2) is 4.79 Å². The molecule has 7 heteroatoms. The molecule has 0 radical (unpaired) electrons. The molecule has 28 heavy (non-hydrogen) atoms. The number of para-hydroxylation sites is 1. The van der Waals surface area contributed by atoms with Crippen LogP contribution in [0, 0.1) is 0 Å². The molecule has 1 atom stereocenters. The molecule has 0 spiro atoms. The molecule has 2 heterocycles. The molecule has 146 valence electrons. The molecule has 0 bridgehead atoms. The Morgan fingerprint density at radius 1 is 1.29 bits per heavy atom. The van der Waals surface area contributed by atoms with Crippen LogP contribution in [0.2, 0.25) is 0 Å². The molecule has 1 aliphatic carbocycles. The summed E-state index contributed by atoms with van der Waals surface area (Å²) in [6.07, 6.45) is 1.95. The molecule has 0 saturated carbocycles. The van der Waals surface area contributed by atoms with Crippen LogP contribution < -0.4 is 5.32 Å². The van der Waals surface area contributed by atoms with E-state index in [1.165, 1.54) is 0 Å². The zero-order valence-electron chi connectivity index (χ0n) is 16.2. The lowest BCUT2D eigenvalue weighted by Gasteiger charge is -2.26. The van der Waals surface area contributed by atoms with Gasteiger partial charge in [0.25, 0.3) is 0 Å².